The number of halogens is 1. The van der Waals surface area contributed by atoms with Crippen LogP contribution in [0.3, 0.4) is 0 Å². The zero-order chi connectivity index (χ0) is 13.2. The van der Waals surface area contributed by atoms with E-state index in [4.69, 9.17) is 0 Å². The van der Waals surface area contributed by atoms with Gasteiger partial charge in [0, 0.05) is 30.1 Å². The van der Waals surface area contributed by atoms with Gasteiger partial charge in [-0.25, -0.2) is 0 Å². The molecule has 1 aromatic rings. The van der Waals surface area contributed by atoms with Gasteiger partial charge in [-0.2, -0.15) is 0 Å². The molecule has 1 heterocycles. The molecule has 0 bridgehead atoms. The Kier molecular flexibility index (Phi) is 4.13. The molecular weight excluding hydrogens is 300 g/mol. The van der Waals surface area contributed by atoms with Crippen LogP contribution in [-0.2, 0) is 6.54 Å². The van der Waals surface area contributed by atoms with Crippen LogP contribution in [0.25, 0.3) is 0 Å². The molecule has 2 nitrogen and oxygen atoms in total. The lowest BCUT2D eigenvalue weighted by atomic mass is 10.1. The van der Waals surface area contributed by atoms with Crippen LogP contribution >= 0.6 is 15.9 Å². The van der Waals surface area contributed by atoms with Gasteiger partial charge in [-0.1, -0.05) is 19.4 Å². The lowest BCUT2D eigenvalue weighted by molar-refractivity contribution is 0.569. The quantitative estimate of drug-likeness (QED) is 0.883. The zero-order valence-electron chi connectivity index (χ0n) is 11.7. The smallest absolute Gasteiger partial charge is 0.0510 e. The molecule has 0 aromatic heterocycles. The first-order valence-electron chi connectivity index (χ1n) is 7.53. The average molecular weight is 323 g/mol. The highest BCUT2D eigenvalue weighted by Gasteiger charge is 2.23. The fourth-order valence-corrected chi connectivity index (χ4v) is 3.53. The lowest BCUT2D eigenvalue weighted by Crippen LogP contribution is -2.20. The maximum Gasteiger partial charge on any atom is 0.0510 e. The first kappa shape index (κ1) is 13.4. The SMILES string of the molecule is CCC1CCN(c2ccc(CNC3CC3)cc2Br)C1. The summed E-state index contributed by atoms with van der Waals surface area (Å²) in [6.07, 6.45) is 5.35. The van der Waals surface area contributed by atoms with Gasteiger partial charge in [0.1, 0.15) is 0 Å². The summed E-state index contributed by atoms with van der Waals surface area (Å²) in [4.78, 5) is 2.52. The van der Waals surface area contributed by atoms with Gasteiger partial charge in [0.25, 0.3) is 0 Å². The second kappa shape index (κ2) is 5.84. The summed E-state index contributed by atoms with van der Waals surface area (Å²) in [7, 11) is 0. The van der Waals surface area contributed by atoms with E-state index in [1.807, 2.05) is 0 Å². The number of nitrogens with zero attached hydrogens (tertiary/aromatic N) is 1. The Morgan fingerprint density at radius 1 is 1.32 bits per heavy atom. The van der Waals surface area contributed by atoms with Crippen molar-refractivity contribution in [2.45, 2.75) is 45.2 Å². The van der Waals surface area contributed by atoms with E-state index in [1.165, 1.54) is 54.5 Å². The molecule has 1 atom stereocenters. The number of rotatable bonds is 5. The van der Waals surface area contributed by atoms with Crippen LogP contribution in [0, 0.1) is 5.92 Å². The van der Waals surface area contributed by atoms with Gasteiger partial charge < -0.3 is 10.2 Å². The van der Waals surface area contributed by atoms with Crippen molar-refractivity contribution >= 4 is 21.6 Å². The fraction of sp³-hybridized carbons (Fsp3) is 0.625. The monoisotopic (exact) mass is 322 g/mol. The fourth-order valence-electron chi connectivity index (χ4n) is 2.85. The molecule has 1 unspecified atom stereocenters. The number of hydrogen-bond donors (Lipinski definition) is 1. The van der Waals surface area contributed by atoms with E-state index < -0.39 is 0 Å². The zero-order valence-corrected chi connectivity index (χ0v) is 13.2. The molecule has 1 aromatic carbocycles. The molecule has 0 spiro atoms. The van der Waals surface area contributed by atoms with Gasteiger partial charge in [-0.3, -0.25) is 0 Å². The molecule has 104 valence electrons. The van der Waals surface area contributed by atoms with Crippen LogP contribution in [0.4, 0.5) is 5.69 Å². The molecular formula is C16H23BrN2. The second-order valence-electron chi connectivity index (χ2n) is 5.95. The normalized spacial score (nSPS) is 23.1. The van der Waals surface area contributed by atoms with Crippen LogP contribution < -0.4 is 10.2 Å². The van der Waals surface area contributed by atoms with Gasteiger partial charge >= 0.3 is 0 Å². The molecule has 1 aliphatic carbocycles. The van der Waals surface area contributed by atoms with Crippen LogP contribution in [0.15, 0.2) is 22.7 Å². The Labute approximate surface area is 124 Å². The van der Waals surface area contributed by atoms with Crippen molar-refractivity contribution in [2.24, 2.45) is 5.92 Å². The highest BCUT2D eigenvalue weighted by atomic mass is 79.9. The maximum absolute atomic E-state index is 3.75. The minimum absolute atomic E-state index is 0.780. The number of nitrogens with one attached hydrogen (secondary N) is 1. The third-order valence-corrected chi connectivity index (χ3v) is 5.02. The molecule has 1 saturated heterocycles. The van der Waals surface area contributed by atoms with Crippen molar-refractivity contribution < 1.29 is 0 Å². The van der Waals surface area contributed by atoms with E-state index in [-0.39, 0.29) is 0 Å². The molecule has 1 saturated carbocycles. The second-order valence-corrected chi connectivity index (χ2v) is 6.80. The van der Waals surface area contributed by atoms with E-state index in [9.17, 15) is 0 Å². The summed E-state index contributed by atoms with van der Waals surface area (Å²) in [5.41, 5.74) is 2.75. The summed E-state index contributed by atoms with van der Waals surface area (Å²) >= 11 is 3.75. The molecule has 1 aliphatic heterocycles. The molecule has 3 rings (SSSR count). The van der Waals surface area contributed by atoms with Crippen molar-refractivity contribution in [3.05, 3.63) is 28.2 Å². The first-order chi connectivity index (χ1) is 9.26. The Hall–Kier alpha value is -0.540. The van der Waals surface area contributed by atoms with Gasteiger partial charge in [-0.15, -0.1) is 0 Å². The van der Waals surface area contributed by atoms with Crippen LogP contribution in [0.5, 0.6) is 0 Å². The molecule has 0 amide bonds. The minimum Gasteiger partial charge on any atom is -0.370 e. The standard InChI is InChI=1S/C16H23BrN2/c1-2-12-7-8-19(11-12)16-6-3-13(9-15(16)17)10-18-14-4-5-14/h3,6,9,12,14,18H,2,4-5,7-8,10-11H2,1H3. The maximum atomic E-state index is 3.75. The molecule has 1 N–H and O–H groups in total. The Morgan fingerprint density at radius 2 is 2.16 bits per heavy atom. The van der Waals surface area contributed by atoms with Crippen molar-refractivity contribution in [1.29, 1.82) is 0 Å². The Balaban J connectivity index is 1.65. The van der Waals surface area contributed by atoms with Crippen molar-refractivity contribution in [2.75, 3.05) is 18.0 Å². The van der Waals surface area contributed by atoms with Crippen LogP contribution in [0.1, 0.15) is 38.2 Å². The van der Waals surface area contributed by atoms with E-state index >= 15 is 0 Å². The largest absolute Gasteiger partial charge is 0.370 e. The highest BCUT2D eigenvalue weighted by Crippen LogP contribution is 2.32. The third-order valence-electron chi connectivity index (χ3n) is 4.39. The summed E-state index contributed by atoms with van der Waals surface area (Å²) in [6.45, 7) is 5.72. The summed E-state index contributed by atoms with van der Waals surface area (Å²) in [5, 5.41) is 3.57. The molecule has 3 heteroatoms. The van der Waals surface area contributed by atoms with Crippen molar-refractivity contribution in [3.63, 3.8) is 0 Å². The van der Waals surface area contributed by atoms with E-state index in [2.05, 4.69) is 51.3 Å². The first-order valence-corrected chi connectivity index (χ1v) is 8.32. The number of anilines is 1. The molecule has 0 radical (unpaired) electrons. The van der Waals surface area contributed by atoms with Crippen LogP contribution in [0.2, 0.25) is 0 Å². The number of hydrogen-bond acceptors (Lipinski definition) is 2. The van der Waals surface area contributed by atoms with Gasteiger partial charge in [0.05, 0.1) is 5.69 Å². The van der Waals surface area contributed by atoms with Crippen molar-refractivity contribution in [3.8, 4) is 0 Å². The molecule has 2 fully saturated rings. The van der Waals surface area contributed by atoms with Crippen molar-refractivity contribution in [1.82, 2.24) is 5.32 Å². The van der Waals surface area contributed by atoms with E-state index in [1.54, 1.807) is 0 Å². The predicted octanol–water partition coefficient (Wildman–Crippen LogP) is 3.94. The predicted molar refractivity (Wildman–Crippen MR) is 84.6 cm³/mol. The average Bonchev–Trinajstić information content (AvgIpc) is 3.13. The van der Waals surface area contributed by atoms with Gasteiger partial charge in [-0.05, 0) is 58.8 Å². The Morgan fingerprint density at radius 3 is 2.79 bits per heavy atom. The summed E-state index contributed by atoms with van der Waals surface area (Å²) < 4.78 is 1.25. The molecule has 2 aliphatic rings. The molecule has 19 heavy (non-hydrogen) atoms. The van der Waals surface area contributed by atoms with Crippen LogP contribution in [-0.4, -0.2) is 19.1 Å². The summed E-state index contributed by atoms with van der Waals surface area (Å²) in [6, 6.07) is 7.62. The summed E-state index contributed by atoms with van der Waals surface area (Å²) in [5.74, 6) is 0.878. The highest BCUT2D eigenvalue weighted by molar-refractivity contribution is 9.10. The third kappa shape index (κ3) is 3.32. The minimum atomic E-state index is 0.780. The Bertz CT molecular complexity index is 442. The topological polar surface area (TPSA) is 15.3 Å². The van der Waals surface area contributed by atoms with Gasteiger partial charge in [0.15, 0.2) is 0 Å². The number of benzene rings is 1. The van der Waals surface area contributed by atoms with E-state index in [0.717, 1.165) is 18.5 Å². The lowest BCUT2D eigenvalue weighted by Gasteiger charge is -2.21. The van der Waals surface area contributed by atoms with Gasteiger partial charge in [0.2, 0.25) is 0 Å². The van der Waals surface area contributed by atoms with E-state index in [0.29, 0.717) is 0 Å².